The van der Waals surface area contributed by atoms with Crippen molar-refractivity contribution < 1.29 is 0 Å². The Balaban J connectivity index is 2.25. The first kappa shape index (κ1) is 10.6. The molecular formula is C9H10N6S. The molecule has 6 nitrogen and oxygen atoms in total. The number of rotatable bonds is 3. The van der Waals surface area contributed by atoms with E-state index in [4.69, 9.17) is 11.1 Å². The minimum Gasteiger partial charge on any atom is -0.384 e. The molecule has 2 rings (SSSR count). The standard InChI is InChI=1S/C9H10N6S/c1-15-9(13-5-14-15)16-7-4-6(8(10)11)2-3-12-7/h2-5H,1H3,(H3,10,11). The third-order valence-electron chi connectivity index (χ3n) is 1.91. The summed E-state index contributed by atoms with van der Waals surface area (Å²) in [5, 5.41) is 12.8. The smallest absolute Gasteiger partial charge is 0.192 e. The lowest BCUT2D eigenvalue weighted by atomic mass is 10.2. The molecule has 0 aromatic carbocycles. The lowest BCUT2D eigenvalue weighted by molar-refractivity contribution is 0.684. The Bertz CT molecular complexity index is 520. The molecule has 2 aromatic heterocycles. The van der Waals surface area contributed by atoms with Gasteiger partial charge in [-0.3, -0.25) is 5.41 Å². The summed E-state index contributed by atoms with van der Waals surface area (Å²) in [5.41, 5.74) is 6.05. The molecule has 0 spiro atoms. The Morgan fingerprint density at radius 3 is 2.94 bits per heavy atom. The van der Waals surface area contributed by atoms with Gasteiger partial charge < -0.3 is 5.73 Å². The molecule has 0 saturated heterocycles. The maximum absolute atomic E-state index is 7.33. The van der Waals surface area contributed by atoms with Crippen molar-refractivity contribution in [3.8, 4) is 0 Å². The van der Waals surface area contributed by atoms with Crippen LogP contribution in [0.2, 0.25) is 0 Å². The summed E-state index contributed by atoms with van der Waals surface area (Å²) in [6, 6.07) is 3.45. The molecule has 2 aromatic rings. The molecule has 7 heteroatoms. The second-order valence-corrected chi connectivity index (χ2v) is 4.05. The van der Waals surface area contributed by atoms with Crippen LogP contribution < -0.4 is 5.73 Å². The van der Waals surface area contributed by atoms with Gasteiger partial charge in [0, 0.05) is 18.8 Å². The van der Waals surface area contributed by atoms with Gasteiger partial charge in [0.2, 0.25) is 0 Å². The fourth-order valence-electron chi connectivity index (χ4n) is 1.10. The van der Waals surface area contributed by atoms with Gasteiger partial charge in [-0.15, -0.1) is 0 Å². The van der Waals surface area contributed by atoms with Gasteiger partial charge in [-0.05, 0) is 23.9 Å². The monoisotopic (exact) mass is 234 g/mol. The summed E-state index contributed by atoms with van der Waals surface area (Å²) in [5.74, 6) is 0.0298. The van der Waals surface area contributed by atoms with E-state index in [1.807, 2.05) is 7.05 Å². The summed E-state index contributed by atoms with van der Waals surface area (Å²) >= 11 is 1.38. The highest BCUT2D eigenvalue weighted by Crippen LogP contribution is 2.23. The summed E-state index contributed by atoms with van der Waals surface area (Å²) in [6.45, 7) is 0. The SMILES string of the molecule is Cn1ncnc1Sc1cc(C(=N)N)ccn1. The van der Waals surface area contributed by atoms with Crippen molar-refractivity contribution in [3.05, 3.63) is 30.2 Å². The lowest BCUT2D eigenvalue weighted by Gasteiger charge is -2.02. The van der Waals surface area contributed by atoms with Crippen molar-refractivity contribution in [2.45, 2.75) is 10.2 Å². The molecule has 0 radical (unpaired) electrons. The van der Waals surface area contributed by atoms with Gasteiger partial charge in [0.25, 0.3) is 0 Å². The van der Waals surface area contributed by atoms with Gasteiger partial charge in [-0.1, -0.05) is 0 Å². The Morgan fingerprint density at radius 1 is 1.50 bits per heavy atom. The van der Waals surface area contributed by atoms with E-state index in [-0.39, 0.29) is 5.84 Å². The number of hydrogen-bond acceptors (Lipinski definition) is 5. The van der Waals surface area contributed by atoms with E-state index in [1.54, 1.807) is 23.0 Å². The molecule has 82 valence electrons. The first-order valence-corrected chi connectivity index (χ1v) is 5.31. The molecule has 0 aliphatic rings. The van der Waals surface area contributed by atoms with E-state index in [9.17, 15) is 0 Å². The average molecular weight is 234 g/mol. The molecule has 0 aliphatic heterocycles. The van der Waals surface area contributed by atoms with Crippen LogP contribution in [0.15, 0.2) is 34.8 Å². The predicted octanol–water partition coefficient (Wildman–Crippen LogP) is 0.645. The fourth-order valence-corrected chi connectivity index (χ4v) is 1.87. The molecule has 0 bridgehead atoms. The number of aryl methyl sites for hydroxylation is 1. The number of hydrogen-bond donors (Lipinski definition) is 2. The summed E-state index contributed by atoms with van der Waals surface area (Å²) in [6.07, 6.45) is 3.10. The molecule has 0 aliphatic carbocycles. The van der Waals surface area contributed by atoms with Crippen LogP contribution in [-0.2, 0) is 7.05 Å². The first-order valence-electron chi connectivity index (χ1n) is 4.49. The van der Waals surface area contributed by atoms with E-state index >= 15 is 0 Å². The largest absolute Gasteiger partial charge is 0.384 e. The van der Waals surface area contributed by atoms with Crippen LogP contribution in [0.5, 0.6) is 0 Å². The number of amidine groups is 1. The van der Waals surface area contributed by atoms with E-state index in [2.05, 4.69) is 15.1 Å². The molecule has 0 atom stereocenters. The van der Waals surface area contributed by atoms with Crippen molar-refractivity contribution >= 4 is 17.6 Å². The van der Waals surface area contributed by atoms with E-state index in [1.165, 1.54) is 18.1 Å². The number of nitrogen functional groups attached to an aromatic ring is 1. The van der Waals surface area contributed by atoms with Crippen LogP contribution in [0.3, 0.4) is 0 Å². The number of nitrogens with zero attached hydrogens (tertiary/aromatic N) is 4. The third-order valence-corrected chi connectivity index (χ3v) is 2.90. The Kier molecular flexibility index (Phi) is 2.86. The van der Waals surface area contributed by atoms with Crippen LogP contribution in [0.1, 0.15) is 5.56 Å². The van der Waals surface area contributed by atoms with E-state index in [0.29, 0.717) is 5.56 Å². The van der Waals surface area contributed by atoms with Gasteiger partial charge in [0.05, 0.1) is 0 Å². The zero-order valence-electron chi connectivity index (χ0n) is 8.58. The normalized spacial score (nSPS) is 10.3. The second kappa shape index (κ2) is 4.31. The van der Waals surface area contributed by atoms with Gasteiger partial charge in [0.1, 0.15) is 17.2 Å². The quantitative estimate of drug-likeness (QED) is 0.600. The summed E-state index contributed by atoms with van der Waals surface area (Å²) in [4.78, 5) is 8.24. The molecule has 2 heterocycles. The molecule has 0 unspecified atom stereocenters. The lowest BCUT2D eigenvalue weighted by Crippen LogP contribution is -2.11. The van der Waals surface area contributed by atoms with Crippen molar-refractivity contribution in [2.75, 3.05) is 0 Å². The highest BCUT2D eigenvalue weighted by molar-refractivity contribution is 7.99. The first-order chi connectivity index (χ1) is 7.66. The predicted molar refractivity (Wildman–Crippen MR) is 60.4 cm³/mol. The highest BCUT2D eigenvalue weighted by atomic mass is 32.2. The van der Waals surface area contributed by atoms with Crippen molar-refractivity contribution in [1.82, 2.24) is 19.7 Å². The second-order valence-electron chi connectivity index (χ2n) is 3.06. The van der Waals surface area contributed by atoms with E-state index in [0.717, 1.165) is 10.2 Å². The zero-order chi connectivity index (χ0) is 11.5. The maximum Gasteiger partial charge on any atom is 0.192 e. The number of nitrogens with one attached hydrogen (secondary N) is 1. The van der Waals surface area contributed by atoms with Gasteiger partial charge in [-0.25, -0.2) is 14.6 Å². The molecule has 0 amide bonds. The van der Waals surface area contributed by atoms with Crippen molar-refractivity contribution in [2.24, 2.45) is 12.8 Å². The van der Waals surface area contributed by atoms with E-state index < -0.39 is 0 Å². The van der Waals surface area contributed by atoms with Crippen LogP contribution >= 0.6 is 11.8 Å². The van der Waals surface area contributed by atoms with Gasteiger partial charge in [-0.2, -0.15) is 5.10 Å². The number of aromatic nitrogens is 4. The topological polar surface area (TPSA) is 93.5 Å². The third kappa shape index (κ3) is 2.19. The molecule has 3 N–H and O–H groups in total. The summed E-state index contributed by atoms with van der Waals surface area (Å²) < 4.78 is 1.66. The van der Waals surface area contributed by atoms with Crippen LogP contribution in [0, 0.1) is 5.41 Å². The number of nitrogens with two attached hydrogens (primary N) is 1. The maximum atomic E-state index is 7.33. The van der Waals surface area contributed by atoms with Gasteiger partial charge >= 0.3 is 0 Å². The zero-order valence-corrected chi connectivity index (χ0v) is 9.40. The molecule has 0 saturated carbocycles. The van der Waals surface area contributed by atoms with Gasteiger partial charge in [0.15, 0.2) is 5.16 Å². The Hall–Kier alpha value is -1.89. The van der Waals surface area contributed by atoms with Crippen molar-refractivity contribution in [1.29, 1.82) is 5.41 Å². The fraction of sp³-hybridized carbons (Fsp3) is 0.111. The molecule has 16 heavy (non-hydrogen) atoms. The molecular weight excluding hydrogens is 224 g/mol. The minimum atomic E-state index is 0.0298. The van der Waals surface area contributed by atoms with Crippen LogP contribution in [0.25, 0.3) is 0 Å². The molecule has 0 fully saturated rings. The van der Waals surface area contributed by atoms with Crippen molar-refractivity contribution in [3.63, 3.8) is 0 Å². The Morgan fingerprint density at radius 2 is 2.31 bits per heavy atom. The van der Waals surface area contributed by atoms with Crippen LogP contribution in [-0.4, -0.2) is 25.6 Å². The summed E-state index contributed by atoms with van der Waals surface area (Å²) in [7, 11) is 1.81. The average Bonchev–Trinajstić information content (AvgIpc) is 2.65. The number of pyridine rings is 1. The van der Waals surface area contributed by atoms with Crippen LogP contribution in [0.4, 0.5) is 0 Å². The Labute approximate surface area is 96.4 Å². The minimum absolute atomic E-state index is 0.0298. The highest BCUT2D eigenvalue weighted by Gasteiger charge is 2.06.